The van der Waals surface area contributed by atoms with E-state index in [1.807, 2.05) is 54.6 Å². The predicted octanol–water partition coefficient (Wildman–Crippen LogP) is 4.21. The molecule has 0 saturated heterocycles. The molecule has 5 nitrogen and oxygen atoms in total. The van der Waals surface area contributed by atoms with Crippen LogP contribution in [0.15, 0.2) is 82.3 Å². The van der Waals surface area contributed by atoms with Crippen molar-refractivity contribution in [3.8, 4) is 16.9 Å². The highest BCUT2D eigenvalue weighted by Crippen LogP contribution is 2.32. The first-order valence-corrected chi connectivity index (χ1v) is 9.17. The van der Waals surface area contributed by atoms with E-state index < -0.39 is 0 Å². The molecule has 0 atom stereocenters. The molecule has 28 heavy (non-hydrogen) atoms. The number of benzene rings is 2. The number of rotatable bonds is 3. The summed E-state index contributed by atoms with van der Waals surface area (Å²) in [6.45, 7) is 1.78. The first-order valence-electron chi connectivity index (χ1n) is 9.17. The summed E-state index contributed by atoms with van der Waals surface area (Å²) in [7, 11) is 0. The molecule has 2 aromatic heterocycles. The van der Waals surface area contributed by atoms with Crippen molar-refractivity contribution in [1.29, 1.82) is 0 Å². The fraction of sp³-hybridized carbons (Fsp3) is 0.130. The van der Waals surface area contributed by atoms with Gasteiger partial charge < -0.3 is 9.15 Å². The minimum Gasteiger partial charge on any atom is -0.478 e. The van der Waals surface area contributed by atoms with Crippen molar-refractivity contribution in [2.75, 3.05) is 6.73 Å². The number of nitrogens with zero attached hydrogens (tertiary/aromatic N) is 2. The van der Waals surface area contributed by atoms with Crippen molar-refractivity contribution in [1.82, 2.24) is 9.88 Å². The highest BCUT2D eigenvalue weighted by Gasteiger charge is 2.23. The quantitative estimate of drug-likeness (QED) is 0.541. The molecule has 0 bridgehead atoms. The first kappa shape index (κ1) is 16.7. The van der Waals surface area contributed by atoms with Gasteiger partial charge in [-0.1, -0.05) is 36.4 Å². The second-order valence-electron chi connectivity index (χ2n) is 6.85. The van der Waals surface area contributed by atoms with Crippen LogP contribution in [0.4, 0.5) is 0 Å². The van der Waals surface area contributed by atoms with E-state index in [9.17, 15) is 4.79 Å². The van der Waals surface area contributed by atoms with Gasteiger partial charge >= 0.3 is 0 Å². The Balaban J connectivity index is 1.54. The van der Waals surface area contributed by atoms with Crippen molar-refractivity contribution in [2.24, 2.45) is 0 Å². The van der Waals surface area contributed by atoms with E-state index in [2.05, 4.69) is 9.88 Å². The highest BCUT2D eigenvalue weighted by molar-refractivity contribution is 5.85. The third kappa shape index (κ3) is 2.96. The maximum Gasteiger partial charge on any atom is 0.200 e. The average molecular weight is 370 g/mol. The van der Waals surface area contributed by atoms with Crippen LogP contribution in [0.2, 0.25) is 0 Å². The van der Waals surface area contributed by atoms with E-state index in [4.69, 9.17) is 9.15 Å². The van der Waals surface area contributed by atoms with Crippen LogP contribution in [0.3, 0.4) is 0 Å². The Kier molecular flexibility index (Phi) is 4.14. The third-order valence-corrected chi connectivity index (χ3v) is 4.98. The molecule has 1 aliphatic rings. The molecule has 0 amide bonds. The van der Waals surface area contributed by atoms with Crippen LogP contribution in [0, 0.1) is 0 Å². The molecule has 0 fully saturated rings. The van der Waals surface area contributed by atoms with Crippen LogP contribution in [-0.4, -0.2) is 16.6 Å². The molecule has 0 radical (unpaired) electrons. The lowest BCUT2D eigenvalue weighted by atomic mass is 10.0. The Morgan fingerprint density at radius 2 is 1.86 bits per heavy atom. The summed E-state index contributed by atoms with van der Waals surface area (Å²) >= 11 is 0. The number of hydrogen-bond acceptors (Lipinski definition) is 5. The number of hydrogen-bond donors (Lipinski definition) is 0. The Morgan fingerprint density at radius 1 is 1.00 bits per heavy atom. The van der Waals surface area contributed by atoms with E-state index in [1.165, 1.54) is 0 Å². The number of fused-ring (bicyclic) bond motifs is 3. The molecular weight excluding hydrogens is 352 g/mol. The van der Waals surface area contributed by atoms with Gasteiger partial charge in [0.15, 0.2) is 0 Å². The van der Waals surface area contributed by atoms with Gasteiger partial charge in [-0.05, 0) is 29.8 Å². The lowest BCUT2D eigenvalue weighted by Crippen LogP contribution is -2.32. The van der Waals surface area contributed by atoms with Crippen LogP contribution in [-0.2, 0) is 13.1 Å². The van der Waals surface area contributed by atoms with Crippen molar-refractivity contribution in [2.45, 2.75) is 13.1 Å². The number of ether oxygens (including phenoxy) is 1. The Bertz CT molecular complexity index is 1190. The molecule has 2 aromatic carbocycles. The summed E-state index contributed by atoms with van der Waals surface area (Å²) < 4.78 is 11.9. The molecule has 0 saturated carbocycles. The van der Waals surface area contributed by atoms with Crippen molar-refractivity contribution >= 4 is 11.0 Å². The Morgan fingerprint density at radius 3 is 2.68 bits per heavy atom. The smallest absolute Gasteiger partial charge is 0.200 e. The number of pyridine rings is 1. The van der Waals surface area contributed by atoms with Gasteiger partial charge in [-0.15, -0.1) is 0 Å². The number of aromatic nitrogens is 1. The van der Waals surface area contributed by atoms with Gasteiger partial charge in [0.25, 0.3) is 0 Å². The standard InChI is InChI=1S/C23H18N2O3/c26-22-18-9-10-21-19(13-25(15-28-21)12-17-8-4-5-11-24-17)23(18)27-14-20(22)16-6-2-1-3-7-16/h1-11,14H,12-13,15H2. The summed E-state index contributed by atoms with van der Waals surface area (Å²) in [5, 5.41) is 0.573. The molecule has 4 aromatic rings. The summed E-state index contributed by atoms with van der Waals surface area (Å²) in [5.41, 5.74) is 3.85. The fourth-order valence-corrected chi connectivity index (χ4v) is 3.59. The Hall–Kier alpha value is -3.44. The fourth-order valence-electron chi connectivity index (χ4n) is 3.59. The molecule has 0 spiro atoms. The third-order valence-electron chi connectivity index (χ3n) is 4.98. The normalized spacial score (nSPS) is 13.9. The molecule has 0 unspecified atom stereocenters. The van der Waals surface area contributed by atoms with Gasteiger partial charge in [0.2, 0.25) is 5.43 Å². The predicted molar refractivity (Wildman–Crippen MR) is 107 cm³/mol. The van der Waals surface area contributed by atoms with Crippen molar-refractivity contribution < 1.29 is 9.15 Å². The van der Waals surface area contributed by atoms with E-state index in [0.717, 1.165) is 22.6 Å². The summed E-state index contributed by atoms with van der Waals surface area (Å²) in [4.78, 5) is 19.6. The van der Waals surface area contributed by atoms with E-state index in [1.54, 1.807) is 18.5 Å². The maximum absolute atomic E-state index is 13.1. The van der Waals surface area contributed by atoms with Gasteiger partial charge in [0.1, 0.15) is 24.3 Å². The highest BCUT2D eigenvalue weighted by atomic mass is 16.5. The molecule has 5 heteroatoms. The topological polar surface area (TPSA) is 55.6 Å². The molecule has 1 aliphatic heterocycles. The van der Waals surface area contributed by atoms with Gasteiger partial charge in [-0.2, -0.15) is 0 Å². The van der Waals surface area contributed by atoms with E-state index >= 15 is 0 Å². The zero-order valence-corrected chi connectivity index (χ0v) is 15.2. The lowest BCUT2D eigenvalue weighted by Gasteiger charge is -2.29. The first-order chi connectivity index (χ1) is 13.8. The van der Waals surface area contributed by atoms with Crippen molar-refractivity contribution in [3.05, 3.63) is 94.6 Å². The van der Waals surface area contributed by atoms with Gasteiger partial charge in [0, 0.05) is 19.3 Å². The van der Waals surface area contributed by atoms with E-state index in [0.29, 0.717) is 36.4 Å². The summed E-state index contributed by atoms with van der Waals surface area (Å²) in [5.74, 6) is 0.764. The second kappa shape index (κ2) is 6.94. The largest absolute Gasteiger partial charge is 0.478 e. The van der Waals surface area contributed by atoms with Crippen LogP contribution in [0.1, 0.15) is 11.3 Å². The SMILES string of the molecule is O=c1c(-c2ccccc2)coc2c3c(ccc12)OCN(Cc1ccccn1)C3. The van der Waals surface area contributed by atoms with Crippen LogP contribution >= 0.6 is 0 Å². The zero-order valence-electron chi connectivity index (χ0n) is 15.2. The Labute approximate surface area is 161 Å². The monoisotopic (exact) mass is 370 g/mol. The minimum absolute atomic E-state index is 0.0305. The van der Waals surface area contributed by atoms with Crippen molar-refractivity contribution in [3.63, 3.8) is 0 Å². The molecular formula is C23H18N2O3. The van der Waals surface area contributed by atoms with Crippen LogP contribution in [0.5, 0.6) is 5.75 Å². The molecule has 138 valence electrons. The lowest BCUT2D eigenvalue weighted by molar-refractivity contribution is 0.0879. The second-order valence-corrected chi connectivity index (χ2v) is 6.85. The molecule has 5 rings (SSSR count). The van der Waals surface area contributed by atoms with Gasteiger partial charge in [-0.3, -0.25) is 14.7 Å². The maximum atomic E-state index is 13.1. The van der Waals surface area contributed by atoms with Crippen LogP contribution in [0.25, 0.3) is 22.1 Å². The molecule has 3 heterocycles. The average Bonchev–Trinajstić information content (AvgIpc) is 2.75. The van der Waals surface area contributed by atoms with Gasteiger partial charge in [0.05, 0.1) is 22.2 Å². The van der Waals surface area contributed by atoms with Gasteiger partial charge in [-0.25, -0.2) is 0 Å². The zero-order chi connectivity index (χ0) is 18.9. The van der Waals surface area contributed by atoms with Crippen LogP contribution < -0.4 is 10.2 Å². The van der Waals surface area contributed by atoms with E-state index in [-0.39, 0.29) is 5.43 Å². The molecule has 0 aliphatic carbocycles. The summed E-state index contributed by atoms with van der Waals surface area (Å²) in [6.07, 6.45) is 3.34. The molecule has 0 N–H and O–H groups in total. The minimum atomic E-state index is -0.0305. The summed E-state index contributed by atoms with van der Waals surface area (Å²) in [6, 6.07) is 19.1.